The quantitative estimate of drug-likeness (QED) is 0.653. The molecule has 0 saturated carbocycles. The van der Waals surface area contributed by atoms with Crippen LogP contribution in [-0.2, 0) is 9.53 Å². The molecule has 90 valence electrons. The van der Waals surface area contributed by atoms with Crippen molar-refractivity contribution in [3.63, 3.8) is 0 Å². The van der Waals surface area contributed by atoms with E-state index in [0.29, 0.717) is 6.61 Å². The molecule has 0 aliphatic carbocycles. The summed E-state index contributed by atoms with van der Waals surface area (Å²) in [6, 6.07) is 0.184. The molecule has 0 heterocycles. The van der Waals surface area contributed by atoms with Gasteiger partial charge in [0.05, 0.1) is 6.61 Å². The molecule has 0 rings (SSSR count). The van der Waals surface area contributed by atoms with E-state index in [1.165, 1.54) is 0 Å². The number of nitrogens with two attached hydrogens (primary N) is 1. The molecule has 0 amide bonds. The summed E-state index contributed by atoms with van der Waals surface area (Å²) in [5, 5.41) is -0.0347. The lowest BCUT2D eigenvalue weighted by molar-refractivity contribution is -0.142. The van der Waals surface area contributed by atoms with Gasteiger partial charge in [-0.15, -0.1) is 11.8 Å². The smallest absolute Gasteiger partial charge is 0.319 e. The summed E-state index contributed by atoms with van der Waals surface area (Å²) in [6.07, 6.45) is 2.83. The number of rotatable bonds is 8. The van der Waals surface area contributed by atoms with Gasteiger partial charge < -0.3 is 10.5 Å². The summed E-state index contributed by atoms with van der Waals surface area (Å²) in [6.45, 7) is 6.43. The molecule has 0 saturated heterocycles. The third kappa shape index (κ3) is 6.79. The Morgan fingerprint density at radius 1 is 1.40 bits per heavy atom. The first-order valence-corrected chi connectivity index (χ1v) is 6.74. The molecule has 15 heavy (non-hydrogen) atoms. The number of carbonyl (C=O) groups excluding carboxylic acids is 1. The number of hydrogen-bond acceptors (Lipinski definition) is 4. The summed E-state index contributed by atoms with van der Waals surface area (Å²) in [4.78, 5) is 11.6. The lowest BCUT2D eigenvalue weighted by atomic mass is 10.2. The molecule has 2 N–H and O–H groups in total. The second kappa shape index (κ2) is 9.04. The lowest BCUT2D eigenvalue weighted by Gasteiger charge is -2.16. The number of hydrogen-bond donors (Lipinski definition) is 1. The minimum absolute atomic E-state index is 0.0347. The average Bonchev–Trinajstić information content (AvgIpc) is 2.23. The van der Waals surface area contributed by atoms with Crippen LogP contribution in [0.1, 0.15) is 40.0 Å². The Kier molecular flexibility index (Phi) is 8.91. The molecular formula is C11H23NO2S. The fraction of sp³-hybridized carbons (Fsp3) is 0.909. The van der Waals surface area contributed by atoms with Crippen molar-refractivity contribution < 1.29 is 9.53 Å². The molecule has 0 radical (unpaired) electrons. The fourth-order valence-electron chi connectivity index (χ4n) is 1.12. The van der Waals surface area contributed by atoms with Crippen LogP contribution in [0, 0.1) is 0 Å². The van der Waals surface area contributed by atoms with E-state index < -0.39 is 0 Å². The maximum atomic E-state index is 11.6. The third-order valence-electron chi connectivity index (χ3n) is 2.14. The van der Waals surface area contributed by atoms with Gasteiger partial charge in [0.1, 0.15) is 5.25 Å². The minimum atomic E-state index is -0.0901. The molecule has 2 unspecified atom stereocenters. The molecule has 0 aromatic carbocycles. The Bertz CT molecular complexity index is 176. The molecule has 4 heteroatoms. The maximum absolute atomic E-state index is 11.6. The van der Waals surface area contributed by atoms with Crippen LogP contribution in [0.4, 0.5) is 0 Å². The van der Waals surface area contributed by atoms with Gasteiger partial charge in [-0.1, -0.05) is 20.3 Å². The average molecular weight is 233 g/mol. The molecule has 0 aromatic heterocycles. The number of carbonyl (C=O) groups is 1. The molecule has 2 atom stereocenters. The molecule has 0 spiro atoms. The Labute approximate surface area is 97.1 Å². The van der Waals surface area contributed by atoms with E-state index in [2.05, 4.69) is 13.8 Å². The number of thioether (sulfide) groups is 1. The molecule has 0 bridgehead atoms. The SMILES string of the molecule is CCCC(SCC(N)CC)C(=O)OCC. The highest BCUT2D eigenvalue weighted by Crippen LogP contribution is 2.19. The van der Waals surface area contributed by atoms with E-state index >= 15 is 0 Å². The van der Waals surface area contributed by atoms with E-state index in [0.717, 1.165) is 25.0 Å². The zero-order valence-electron chi connectivity index (χ0n) is 9.99. The van der Waals surface area contributed by atoms with Gasteiger partial charge >= 0.3 is 5.97 Å². The Morgan fingerprint density at radius 3 is 2.53 bits per heavy atom. The molecule has 0 aliphatic heterocycles. The van der Waals surface area contributed by atoms with Gasteiger partial charge in [0.15, 0.2) is 0 Å². The van der Waals surface area contributed by atoms with E-state index in [-0.39, 0.29) is 17.3 Å². The van der Waals surface area contributed by atoms with Gasteiger partial charge in [0.25, 0.3) is 0 Å². The van der Waals surface area contributed by atoms with E-state index in [4.69, 9.17) is 10.5 Å². The summed E-state index contributed by atoms with van der Waals surface area (Å²) in [5.74, 6) is 0.743. The predicted molar refractivity (Wildman–Crippen MR) is 66.1 cm³/mol. The largest absolute Gasteiger partial charge is 0.465 e. The molecule has 3 nitrogen and oxygen atoms in total. The van der Waals surface area contributed by atoms with Gasteiger partial charge in [-0.3, -0.25) is 4.79 Å². The standard InChI is InChI=1S/C11H23NO2S/c1-4-7-10(11(13)14-6-3)15-8-9(12)5-2/h9-10H,4-8,12H2,1-3H3. The topological polar surface area (TPSA) is 52.3 Å². The maximum Gasteiger partial charge on any atom is 0.319 e. The van der Waals surface area contributed by atoms with Crippen molar-refractivity contribution in [3.8, 4) is 0 Å². The normalized spacial score (nSPS) is 14.7. The molecular weight excluding hydrogens is 210 g/mol. The van der Waals surface area contributed by atoms with E-state index in [9.17, 15) is 4.79 Å². The van der Waals surface area contributed by atoms with Crippen LogP contribution in [0.5, 0.6) is 0 Å². The van der Waals surface area contributed by atoms with Crippen molar-refractivity contribution in [1.29, 1.82) is 0 Å². The van der Waals surface area contributed by atoms with Gasteiger partial charge in [-0.25, -0.2) is 0 Å². The first kappa shape index (κ1) is 14.8. The zero-order valence-corrected chi connectivity index (χ0v) is 10.8. The fourth-order valence-corrected chi connectivity index (χ4v) is 2.45. The van der Waals surface area contributed by atoms with Crippen molar-refractivity contribution >= 4 is 17.7 Å². The highest BCUT2D eigenvalue weighted by molar-refractivity contribution is 8.00. The molecule has 0 aromatic rings. The van der Waals surface area contributed by atoms with Gasteiger partial charge in [0.2, 0.25) is 0 Å². The van der Waals surface area contributed by atoms with Crippen LogP contribution in [0.15, 0.2) is 0 Å². The van der Waals surface area contributed by atoms with Crippen LogP contribution >= 0.6 is 11.8 Å². The Hall–Kier alpha value is -0.220. The highest BCUT2D eigenvalue weighted by Gasteiger charge is 2.19. The Balaban J connectivity index is 3.97. The number of ether oxygens (including phenoxy) is 1. The zero-order chi connectivity index (χ0) is 11.7. The van der Waals surface area contributed by atoms with Crippen molar-refractivity contribution in [1.82, 2.24) is 0 Å². The molecule has 0 aliphatic rings. The van der Waals surface area contributed by atoms with E-state index in [1.54, 1.807) is 11.8 Å². The second-order valence-corrected chi connectivity index (χ2v) is 4.77. The van der Waals surface area contributed by atoms with Crippen molar-refractivity contribution in [2.45, 2.75) is 51.3 Å². The van der Waals surface area contributed by atoms with Crippen LogP contribution < -0.4 is 5.73 Å². The predicted octanol–water partition coefficient (Wildman–Crippen LogP) is 2.19. The van der Waals surface area contributed by atoms with Gasteiger partial charge in [0, 0.05) is 11.8 Å². The minimum Gasteiger partial charge on any atom is -0.465 e. The second-order valence-electron chi connectivity index (χ2n) is 3.53. The van der Waals surface area contributed by atoms with Crippen molar-refractivity contribution in [2.24, 2.45) is 5.73 Å². The monoisotopic (exact) mass is 233 g/mol. The van der Waals surface area contributed by atoms with Gasteiger partial charge in [-0.2, -0.15) is 0 Å². The summed E-state index contributed by atoms with van der Waals surface area (Å²) in [7, 11) is 0. The summed E-state index contributed by atoms with van der Waals surface area (Å²) >= 11 is 1.63. The first-order valence-electron chi connectivity index (χ1n) is 5.69. The van der Waals surface area contributed by atoms with Crippen molar-refractivity contribution in [3.05, 3.63) is 0 Å². The van der Waals surface area contributed by atoms with Crippen LogP contribution in [0.25, 0.3) is 0 Å². The summed E-state index contributed by atoms with van der Waals surface area (Å²) < 4.78 is 5.02. The first-order chi connectivity index (χ1) is 7.15. The third-order valence-corrected chi connectivity index (χ3v) is 3.59. The molecule has 0 fully saturated rings. The van der Waals surface area contributed by atoms with Crippen LogP contribution in [-0.4, -0.2) is 29.6 Å². The van der Waals surface area contributed by atoms with Crippen molar-refractivity contribution in [2.75, 3.05) is 12.4 Å². The highest BCUT2D eigenvalue weighted by atomic mass is 32.2. The van der Waals surface area contributed by atoms with Gasteiger partial charge in [-0.05, 0) is 19.8 Å². The van der Waals surface area contributed by atoms with E-state index in [1.807, 2.05) is 6.92 Å². The van der Waals surface area contributed by atoms with Crippen LogP contribution in [0.2, 0.25) is 0 Å². The number of esters is 1. The van der Waals surface area contributed by atoms with Crippen LogP contribution in [0.3, 0.4) is 0 Å². The Morgan fingerprint density at radius 2 is 2.07 bits per heavy atom. The lowest BCUT2D eigenvalue weighted by Crippen LogP contribution is -2.26. The summed E-state index contributed by atoms with van der Waals surface area (Å²) in [5.41, 5.74) is 5.82.